The Bertz CT molecular complexity index is 1210. The number of benzene rings is 1. The van der Waals surface area contributed by atoms with E-state index in [1.54, 1.807) is 15.8 Å². The number of pyridine rings is 1. The van der Waals surface area contributed by atoms with Crippen LogP contribution in [0, 0.1) is 6.92 Å². The lowest BCUT2D eigenvalue weighted by atomic mass is 10.0. The molecule has 0 bridgehead atoms. The highest BCUT2D eigenvalue weighted by Gasteiger charge is 2.40. The molecule has 3 heterocycles. The zero-order valence-electron chi connectivity index (χ0n) is 18.8. The van der Waals surface area contributed by atoms with Crippen molar-refractivity contribution in [2.24, 2.45) is 0 Å². The van der Waals surface area contributed by atoms with E-state index in [1.165, 1.54) is 6.20 Å². The standard InChI is InChI=1S/C23H27F2N5OP2/c1-13(2)30-11-15(10-26-30)22(31)28-20-18(17-9-16(32)4-5-19(17)33)8-14(3)27-21(20)29-7-6-23(24,25)12-29/h4-5,8-11,13H,6-7,12,32-33H2,1-3H3,(H,28,31). The van der Waals surface area contributed by atoms with Gasteiger partial charge in [-0.05, 0) is 49.1 Å². The van der Waals surface area contributed by atoms with Crippen LogP contribution in [-0.4, -0.2) is 39.7 Å². The number of hydrogen-bond donors (Lipinski definition) is 1. The average molecular weight is 489 g/mol. The normalized spacial score (nSPS) is 15.3. The molecule has 1 saturated heterocycles. The van der Waals surface area contributed by atoms with Gasteiger partial charge in [0.15, 0.2) is 5.82 Å². The molecule has 2 unspecified atom stereocenters. The first-order valence-electron chi connectivity index (χ1n) is 10.7. The van der Waals surface area contributed by atoms with Gasteiger partial charge in [-0.25, -0.2) is 13.8 Å². The van der Waals surface area contributed by atoms with Crippen LogP contribution in [0.4, 0.5) is 20.3 Å². The first kappa shape index (κ1) is 23.7. The minimum atomic E-state index is -2.79. The van der Waals surface area contributed by atoms with Crippen LogP contribution in [0.5, 0.6) is 0 Å². The summed E-state index contributed by atoms with van der Waals surface area (Å²) in [5.74, 6) is -2.81. The molecule has 4 rings (SSSR count). The van der Waals surface area contributed by atoms with Gasteiger partial charge in [-0.15, -0.1) is 18.5 Å². The number of nitrogens with zero attached hydrogens (tertiary/aromatic N) is 4. The maximum Gasteiger partial charge on any atom is 0.266 e. The van der Waals surface area contributed by atoms with Gasteiger partial charge in [0.2, 0.25) is 0 Å². The van der Waals surface area contributed by atoms with Gasteiger partial charge in [-0.2, -0.15) is 5.10 Å². The van der Waals surface area contributed by atoms with Gasteiger partial charge < -0.3 is 10.2 Å². The zero-order valence-corrected chi connectivity index (χ0v) is 21.1. The lowest BCUT2D eigenvalue weighted by molar-refractivity contribution is 0.0257. The van der Waals surface area contributed by atoms with Crippen LogP contribution in [0.1, 0.15) is 42.4 Å². The van der Waals surface area contributed by atoms with Crippen LogP contribution in [0.2, 0.25) is 0 Å². The third-order valence-corrected chi connectivity index (χ3v) is 6.46. The molecular formula is C23H27F2N5OP2. The molecule has 6 nitrogen and oxygen atoms in total. The number of carbonyl (C=O) groups excluding carboxylic acids is 1. The summed E-state index contributed by atoms with van der Waals surface area (Å²) in [6, 6.07) is 7.88. The van der Waals surface area contributed by atoms with Crippen molar-refractivity contribution < 1.29 is 13.6 Å². The number of rotatable bonds is 5. The Morgan fingerprint density at radius 2 is 1.97 bits per heavy atom. The highest BCUT2D eigenvalue weighted by molar-refractivity contribution is 7.28. The van der Waals surface area contributed by atoms with Crippen molar-refractivity contribution in [2.75, 3.05) is 23.3 Å². The second kappa shape index (κ2) is 9.08. The predicted molar refractivity (Wildman–Crippen MR) is 135 cm³/mol. The topological polar surface area (TPSA) is 63.1 Å². The second-order valence-electron chi connectivity index (χ2n) is 8.64. The summed E-state index contributed by atoms with van der Waals surface area (Å²) in [5, 5.41) is 9.10. The molecule has 10 heteroatoms. The van der Waals surface area contributed by atoms with Crippen LogP contribution >= 0.6 is 18.5 Å². The number of nitrogens with one attached hydrogen (secondary N) is 1. The molecule has 0 radical (unpaired) electrons. The molecule has 1 fully saturated rings. The molecule has 1 amide bonds. The Labute approximate surface area is 196 Å². The van der Waals surface area contributed by atoms with Gasteiger partial charge in [0.25, 0.3) is 11.8 Å². The Balaban J connectivity index is 1.84. The van der Waals surface area contributed by atoms with Gasteiger partial charge in [0.05, 0.1) is 24.0 Å². The van der Waals surface area contributed by atoms with Crippen molar-refractivity contribution in [3.05, 3.63) is 47.9 Å². The SMILES string of the molecule is Cc1cc(-c2cc(P)ccc2P)c(NC(=O)c2cnn(C(C)C)c2)c(N2CCC(F)(F)C2)n1. The molecule has 2 aromatic heterocycles. The van der Waals surface area contributed by atoms with Crippen molar-refractivity contribution in [3.63, 3.8) is 0 Å². The molecule has 0 spiro atoms. The maximum absolute atomic E-state index is 14.1. The fourth-order valence-electron chi connectivity index (χ4n) is 3.87. The van der Waals surface area contributed by atoms with E-state index in [2.05, 4.69) is 33.9 Å². The van der Waals surface area contributed by atoms with E-state index in [0.29, 0.717) is 22.8 Å². The summed E-state index contributed by atoms with van der Waals surface area (Å²) in [4.78, 5) is 19.3. The third kappa shape index (κ3) is 5.07. The predicted octanol–water partition coefficient (Wildman–Crippen LogP) is 3.93. The molecule has 174 valence electrons. The fraction of sp³-hybridized carbons (Fsp3) is 0.348. The molecule has 1 aromatic carbocycles. The van der Waals surface area contributed by atoms with Gasteiger partial charge in [-0.3, -0.25) is 9.48 Å². The summed E-state index contributed by atoms with van der Waals surface area (Å²) in [7, 11) is 5.36. The van der Waals surface area contributed by atoms with Crippen LogP contribution in [0.3, 0.4) is 0 Å². The first-order valence-corrected chi connectivity index (χ1v) is 11.8. The summed E-state index contributed by atoms with van der Waals surface area (Å²) in [6.45, 7) is 5.49. The molecule has 1 N–H and O–H groups in total. The number of hydrogen-bond acceptors (Lipinski definition) is 4. The van der Waals surface area contributed by atoms with Gasteiger partial charge in [0.1, 0.15) is 0 Å². The number of anilines is 2. The highest BCUT2D eigenvalue weighted by atomic mass is 31.0. The Morgan fingerprint density at radius 1 is 1.21 bits per heavy atom. The number of aryl methyl sites for hydroxylation is 1. The van der Waals surface area contributed by atoms with Crippen molar-refractivity contribution in [3.8, 4) is 11.1 Å². The summed E-state index contributed by atoms with van der Waals surface area (Å²) in [6.07, 6.45) is 2.93. The molecule has 0 aliphatic carbocycles. The molecule has 1 aliphatic heterocycles. The maximum atomic E-state index is 14.1. The van der Waals surface area contributed by atoms with E-state index in [-0.39, 0.29) is 24.9 Å². The number of amides is 1. The molecule has 3 aromatic rings. The van der Waals surface area contributed by atoms with Crippen molar-refractivity contribution in [1.82, 2.24) is 14.8 Å². The molecule has 33 heavy (non-hydrogen) atoms. The van der Waals surface area contributed by atoms with Crippen molar-refractivity contribution in [1.29, 1.82) is 0 Å². The number of halogens is 2. The number of aromatic nitrogens is 3. The van der Waals surface area contributed by atoms with E-state index < -0.39 is 12.5 Å². The zero-order chi connectivity index (χ0) is 23.9. The fourth-order valence-corrected chi connectivity index (χ4v) is 4.47. The van der Waals surface area contributed by atoms with E-state index in [4.69, 9.17) is 0 Å². The highest BCUT2D eigenvalue weighted by Crippen LogP contribution is 2.39. The molecular weight excluding hydrogens is 462 g/mol. The van der Waals surface area contributed by atoms with Gasteiger partial charge in [0, 0.05) is 36.5 Å². The first-order chi connectivity index (χ1) is 15.5. The Hall–Kier alpha value is -2.43. The summed E-state index contributed by atoms with van der Waals surface area (Å²) >= 11 is 0. The second-order valence-corrected chi connectivity index (χ2v) is 9.93. The molecule has 0 saturated carbocycles. The molecule has 2 atom stereocenters. The van der Waals surface area contributed by atoms with E-state index in [1.807, 2.05) is 45.0 Å². The summed E-state index contributed by atoms with van der Waals surface area (Å²) in [5.41, 5.74) is 3.09. The third-order valence-electron chi connectivity index (χ3n) is 5.60. The lowest BCUT2D eigenvalue weighted by Gasteiger charge is -2.24. The quantitative estimate of drug-likeness (QED) is 0.552. The van der Waals surface area contributed by atoms with Crippen molar-refractivity contribution in [2.45, 2.75) is 39.2 Å². The smallest absolute Gasteiger partial charge is 0.266 e. The van der Waals surface area contributed by atoms with Gasteiger partial charge in [-0.1, -0.05) is 12.1 Å². The number of alkyl halides is 2. The Kier molecular flexibility index (Phi) is 6.52. The Morgan fingerprint density at radius 3 is 2.61 bits per heavy atom. The van der Waals surface area contributed by atoms with Crippen LogP contribution in [0.15, 0.2) is 36.7 Å². The molecule has 1 aliphatic rings. The largest absolute Gasteiger partial charge is 0.349 e. The number of carbonyl (C=O) groups is 1. The average Bonchev–Trinajstić information content (AvgIpc) is 3.37. The van der Waals surface area contributed by atoms with Crippen LogP contribution < -0.4 is 20.8 Å². The lowest BCUT2D eigenvalue weighted by Crippen LogP contribution is -2.27. The summed E-state index contributed by atoms with van der Waals surface area (Å²) < 4.78 is 29.9. The minimum absolute atomic E-state index is 0.106. The van der Waals surface area contributed by atoms with Crippen LogP contribution in [-0.2, 0) is 0 Å². The van der Waals surface area contributed by atoms with Crippen molar-refractivity contribution >= 4 is 46.5 Å². The minimum Gasteiger partial charge on any atom is -0.349 e. The van der Waals surface area contributed by atoms with E-state index >= 15 is 0 Å². The monoisotopic (exact) mass is 489 g/mol. The van der Waals surface area contributed by atoms with Gasteiger partial charge >= 0.3 is 0 Å². The van der Waals surface area contributed by atoms with Crippen LogP contribution in [0.25, 0.3) is 11.1 Å². The van der Waals surface area contributed by atoms with E-state index in [0.717, 1.165) is 21.7 Å². The van der Waals surface area contributed by atoms with E-state index in [9.17, 15) is 13.6 Å².